The van der Waals surface area contributed by atoms with Crippen LogP contribution >= 0.6 is 19.4 Å². The number of anilines is 1. The zero-order valence-electron chi connectivity index (χ0n) is 15.1. The molecule has 5 atom stereocenters. The molecule has 1 unspecified atom stereocenters. The first-order valence-electron chi connectivity index (χ1n) is 8.07. The van der Waals surface area contributed by atoms with Crippen LogP contribution in [0.25, 0.3) is 11.2 Å². The Morgan fingerprint density at radius 3 is 3.07 bits per heavy atom. The van der Waals surface area contributed by atoms with E-state index in [2.05, 4.69) is 24.8 Å². The molecule has 11 nitrogen and oxygen atoms in total. The molecule has 4 rings (SSSR count). The zero-order chi connectivity index (χ0) is 19.2. The molecule has 2 saturated heterocycles. The molecule has 28 heavy (non-hydrogen) atoms. The van der Waals surface area contributed by atoms with Crippen molar-refractivity contribution in [2.24, 2.45) is 0 Å². The second-order valence-electron chi connectivity index (χ2n) is 6.09. The van der Waals surface area contributed by atoms with Gasteiger partial charge >= 0.3 is 29.6 Å². The van der Waals surface area contributed by atoms with Crippen molar-refractivity contribution in [1.29, 1.82) is 0 Å². The van der Waals surface area contributed by atoms with Crippen LogP contribution in [0.5, 0.6) is 0 Å². The molecule has 2 fully saturated rings. The summed E-state index contributed by atoms with van der Waals surface area (Å²) in [7, 11) is -4.44. The molecule has 0 spiro atoms. The van der Waals surface area contributed by atoms with Gasteiger partial charge in [-0.3, -0.25) is 9.13 Å². The second kappa shape index (κ2) is 8.65. The van der Waals surface area contributed by atoms with Crippen LogP contribution in [-0.4, -0.2) is 56.1 Å². The normalized spacial score (nSPS) is 32.8. The third kappa shape index (κ3) is 4.29. The predicted molar refractivity (Wildman–Crippen MR) is 91.8 cm³/mol. The fourth-order valence-electron chi connectivity index (χ4n) is 3.01. The van der Waals surface area contributed by atoms with Gasteiger partial charge in [-0.15, -0.1) is 0 Å². The summed E-state index contributed by atoms with van der Waals surface area (Å²) >= 11 is 5.81. The molecule has 2 aliphatic heterocycles. The Morgan fingerprint density at radius 2 is 2.32 bits per heavy atom. The monoisotopic (exact) mass is 439 g/mol. The third-order valence-corrected chi connectivity index (χ3v) is 5.36. The molecular weight excluding hydrogens is 424 g/mol. The van der Waals surface area contributed by atoms with Gasteiger partial charge in [-0.25, -0.2) is 15.0 Å². The minimum Gasteiger partial charge on any atom is -0.756 e. The number of allylic oxidation sites excluding steroid dienone is 1. The quantitative estimate of drug-likeness (QED) is 0.388. The van der Waals surface area contributed by atoms with Crippen LogP contribution in [0.3, 0.4) is 0 Å². The van der Waals surface area contributed by atoms with Crippen LogP contribution in [0.2, 0.25) is 0 Å². The molecule has 0 bridgehead atoms. The number of aromatic nitrogens is 4. The molecule has 2 aromatic heterocycles. The first kappa shape index (κ1) is 22.1. The molecule has 2 aliphatic rings. The second-order valence-corrected chi connectivity index (χ2v) is 8.05. The van der Waals surface area contributed by atoms with Crippen LogP contribution in [0.4, 0.5) is 5.82 Å². The maximum absolute atomic E-state index is 11.5. The van der Waals surface area contributed by atoms with Crippen molar-refractivity contribution < 1.29 is 57.9 Å². The number of hydrogen-bond donors (Lipinski definition) is 2. The Kier molecular flexibility index (Phi) is 6.83. The largest absolute Gasteiger partial charge is 1.00 e. The van der Waals surface area contributed by atoms with Crippen molar-refractivity contribution in [1.82, 2.24) is 19.5 Å². The first-order valence-corrected chi connectivity index (χ1v) is 9.91. The van der Waals surface area contributed by atoms with Gasteiger partial charge in [0.25, 0.3) is 7.82 Å². The van der Waals surface area contributed by atoms with Crippen molar-refractivity contribution in [3.8, 4) is 0 Å². The number of hydrogen-bond acceptors (Lipinski definition) is 10. The molecule has 2 aromatic rings. The summed E-state index contributed by atoms with van der Waals surface area (Å²) in [6.07, 6.45) is 0.608. The number of imidazole rings is 1. The van der Waals surface area contributed by atoms with Gasteiger partial charge in [0, 0.05) is 11.6 Å². The van der Waals surface area contributed by atoms with Crippen LogP contribution in [0.1, 0.15) is 13.2 Å². The van der Waals surface area contributed by atoms with Crippen LogP contribution in [0.15, 0.2) is 23.8 Å². The first-order chi connectivity index (χ1) is 12.9. The Hall–Kier alpha value is -0.590. The number of phosphoric ester groups is 1. The van der Waals surface area contributed by atoms with E-state index in [0.717, 1.165) is 0 Å². The van der Waals surface area contributed by atoms with Crippen molar-refractivity contribution in [3.63, 3.8) is 0 Å². The maximum atomic E-state index is 11.5. The molecule has 0 radical (unpaired) electrons. The van der Waals surface area contributed by atoms with Crippen LogP contribution < -0.4 is 39.8 Å². The number of ether oxygens (including phenoxy) is 1. The van der Waals surface area contributed by atoms with Gasteiger partial charge in [0.15, 0.2) is 23.2 Å². The van der Waals surface area contributed by atoms with E-state index in [1.54, 1.807) is 13.0 Å². The number of nitrogens with one attached hydrogen (secondary N) is 1. The van der Waals surface area contributed by atoms with E-state index in [0.29, 0.717) is 28.6 Å². The van der Waals surface area contributed by atoms with Gasteiger partial charge in [0.1, 0.15) is 24.6 Å². The van der Waals surface area contributed by atoms with E-state index >= 15 is 0 Å². The average Bonchev–Trinajstić information content (AvgIpc) is 3.16. The summed E-state index contributed by atoms with van der Waals surface area (Å²) in [6, 6.07) is 0. The van der Waals surface area contributed by atoms with Crippen LogP contribution in [0, 0.1) is 0 Å². The average molecular weight is 440 g/mol. The molecule has 14 heteroatoms. The smallest absolute Gasteiger partial charge is 0.756 e. The van der Waals surface area contributed by atoms with Gasteiger partial charge < -0.3 is 29.1 Å². The van der Waals surface area contributed by atoms with Gasteiger partial charge in [-0.05, 0) is 6.92 Å². The van der Waals surface area contributed by atoms with Crippen molar-refractivity contribution >= 4 is 36.4 Å². The number of nitrogens with zero attached hydrogens (tertiary/aromatic N) is 4. The third-order valence-electron chi connectivity index (χ3n) is 4.24. The molecule has 0 aromatic carbocycles. The predicted octanol–water partition coefficient (Wildman–Crippen LogP) is -2.47. The molecular formula is C14H16ClN5NaO6P. The fraction of sp³-hybridized carbons (Fsp3) is 0.500. The summed E-state index contributed by atoms with van der Waals surface area (Å²) in [5.41, 5.74) is 0.878. The minimum atomic E-state index is -4.44. The SMILES string of the molecule is C/C(Cl)=C/CNc1ncnc2c1ncn2[C@@H]1O[C@@H]2COP(=O)([O-])O[C@H]2[C@H]1O.[Na+]. The van der Waals surface area contributed by atoms with E-state index < -0.39 is 32.4 Å². The molecule has 0 aliphatic carbocycles. The Bertz CT molecular complexity index is 940. The molecule has 2 N–H and O–H groups in total. The summed E-state index contributed by atoms with van der Waals surface area (Å²) in [5, 5.41) is 14.2. The zero-order valence-corrected chi connectivity index (χ0v) is 18.7. The summed E-state index contributed by atoms with van der Waals surface area (Å²) in [4.78, 5) is 24.1. The van der Waals surface area contributed by atoms with Crippen LogP contribution in [-0.2, 0) is 18.3 Å². The van der Waals surface area contributed by atoms with E-state index in [1.807, 2.05) is 0 Å². The van der Waals surface area contributed by atoms with Crippen molar-refractivity contribution in [2.75, 3.05) is 18.5 Å². The molecule has 146 valence electrons. The number of phosphoric acid groups is 1. The van der Waals surface area contributed by atoms with E-state index in [9.17, 15) is 14.6 Å². The molecule has 0 saturated carbocycles. The number of aliphatic hydroxyl groups excluding tert-OH is 1. The van der Waals surface area contributed by atoms with Gasteiger partial charge in [-0.1, -0.05) is 17.7 Å². The number of rotatable bonds is 4. The van der Waals surface area contributed by atoms with E-state index in [-0.39, 0.29) is 36.2 Å². The van der Waals surface area contributed by atoms with Gasteiger partial charge in [0.05, 0.1) is 12.9 Å². The van der Waals surface area contributed by atoms with E-state index in [4.69, 9.17) is 20.9 Å². The summed E-state index contributed by atoms with van der Waals surface area (Å²) in [6.45, 7) is 1.99. The Labute approximate surface area is 187 Å². The molecule has 4 heterocycles. The summed E-state index contributed by atoms with van der Waals surface area (Å²) in [5.74, 6) is 0.487. The topological polar surface area (TPSA) is 144 Å². The number of aliphatic hydroxyl groups is 1. The minimum absolute atomic E-state index is 0. The van der Waals surface area contributed by atoms with Gasteiger partial charge in [-0.2, -0.15) is 0 Å². The molecule has 0 amide bonds. The number of halogens is 1. The Balaban J connectivity index is 0.00000225. The standard InChI is InChI=1S/C14H17ClN5O6P.Na/c1-7(15)2-3-16-12-9-13(18-5-17-12)20(6-19-9)14-10(21)11-8(25-14)4-24-27(22,23)26-11;/h2,5-6,8,10-11,14,21H,3-4H2,1H3,(H,22,23)(H,16,17,18);/q;+1/p-1/b7-2-;/t8-,10-,11-,14-;/m1./s1. The number of fused-ring (bicyclic) bond motifs is 2. The van der Waals surface area contributed by atoms with Gasteiger partial charge in [0.2, 0.25) is 0 Å². The Morgan fingerprint density at radius 1 is 1.54 bits per heavy atom. The van der Waals surface area contributed by atoms with Crippen molar-refractivity contribution in [3.05, 3.63) is 23.8 Å². The fourth-order valence-corrected chi connectivity index (χ4v) is 4.04. The maximum Gasteiger partial charge on any atom is 1.00 e. The van der Waals surface area contributed by atoms with E-state index in [1.165, 1.54) is 17.2 Å². The summed E-state index contributed by atoms with van der Waals surface area (Å²) < 4.78 is 28.2. The van der Waals surface area contributed by atoms with Crippen molar-refractivity contribution in [2.45, 2.75) is 31.5 Å².